The quantitative estimate of drug-likeness (QED) is 0.446. The molecular formula is C11H18N2O4S. The Morgan fingerprint density at radius 2 is 1.89 bits per heavy atom. The molecule has 0 heterocycles. The maximum absolute atomic E-state index is 11.7. The molecule has 0 aliphatic rings. The highest BCUT2D eigenvalue weighted by atomic mass is 32.2. The van der Waals surface area contributed by atoms with E-state index in [4.69, 9.17) is 15.6 Å². The van der Waals surface area contributed by atoms with Crippen LogP contribution in [0.2, 0.25) is 0 Å². The summed E-state index contributed by atoms with van der Waals surface area (Å²) in [5.74, 6) is -0.0900. The minimum Gasteiger partial charge on any atom is -0.399 e. The highest BCUT2D eigenvalue weighted by molar-refractivity contribution is 7.88. The molecule has 18 heavy (non-hydrogen) atoms. The fourth-order valence-electron chi connectivity index (χ4n) is 1.32. The predicted octanol–water partition coefficient (Wildman–Crippen LogP) is -0.303. The SMILES string of the molecule is Nc1ccc(CS(=O)(=O)NCCOCCO)cc1. The molecule has 0 atom stereocenters. The number of nitrogen functional groups attached to an aromatic ring is 1. The van der Waals surface area contributed by atoms with Crippen LogP contribution in [0.15, 0.2) is 24.3 Å². The Morgan fingerprint density at radius 1 is 1.22 bits per heavy atom. The van der Waals surface area contributed by atoms with Crippen LogP contribution in [0.1, 0.15) is 5.56 Å². The van der Waals surface area contributed by atoms with Crippen molar-refractivity contribution >= 4 is 15.7 Å². The van der Waals surface area contributed by atoms with Gasteiger partial charge in [0.2, 0.25) is 10.0 Å². The zero-order valence-electron chi connectivity index (χ0n) is 10.0. The van der Waals surface area contributed by atoms with E-state index < -0.39 is 10.0 Å². The lowest BCUT2D eigenvalue weighted by Crippen LogP contribution is -2.28. The number of ether oxygens (including phenoxy) is 1. The summed E-state index contributed by atoms with van der Waals surface area (Å²) in [6.07, 6.45) is 0. The maximum Gasteiger partial charge on any atom is 0.215 e. The molecule has 6 nitrogen and oxygen atoms in total. The topological polar surface area (TPSA) is 102 Å². The van der Waals surface area contributed by atoms with Gasteiger partial charge in [-0.15, -0.1) is 0 Å². The van der Waals surface area contributed by atoms with Crippen molar-refractivity contribution in [3.05, 3.63) is 29.8 Å². The maximum atomic E-state index is 11.7. The lowest BCUT2D eigenvalue weighted by molar-refractivity contribution is 0.0961. The molecular weight excluding hydrogens is 256 g/mol. The molecule has 0 aliphatic heterocycles. The Balaban J connectivity index is 2.37. The van der Waals surface area contributed by atoms with Crippen molar-refractivity contribution in [2.24, 2.45) is 0 Å². The third kappa shape index (κ3) is 5.97. The fourth-order valence-corrected chi connectivity index (χ4v) is 2.45. The van der Waals surface area contributed by atoms with Gasteiger partial charge in [0.25, 0.3) is 0 Å². The molecule has 1 rings (SSSR count). The predicted molar refractivity (Wildman–Crippen MR) is 69.4 cm³/mol. The van der Waals surface area contributed by atoms with Crippen molar-refractivity contribution in [1.82, 2.24) is 4.72 Å². The van der Waals surface area contributed by atoms with Gasteiger partial charge in [0.1, 0.15) is 0 Å². The second kappa shape index (κ2) is 7.32. The average molecular weight is 274 g/mol. The minimum absolute atomic E-state index is 0.0712. The molecule has 7 heteroatoms. The first-order chi connectivity index (χ1) is 8.53. The van der Waals surface area contributed by atoms with Crippen LogP contribution in [0.25, 0.3) is 0 Å². The van der Waals surface area contributed by atoms with E-state index >= 15 is 0 Å². The van der Waals surface area contributed by atoms with Gasteiger partial charge in [0.05, 0.1) is 25.6 Å². The Kier molecular flexibility index (Phi) is 6.06. The van der Waals surface area contributed by atoms with Gasteiger partial charge in [-0.3, -0.25) is 0 Å². The number of anilines is 1. The smallest absolute Gasteiger partial charge is 0.215 e. The van der Waals surface area contributed by atoms with Crippen molar-refractivity contribution in [2.75, 3.05) is 32.1 Å². The van der Waals surface area contributed by atoms with Crippen molar-refractivity contribution in [2.45, 2.75) is 5.75 Å². The summed E-state index contributed by atoms with van der Waals surface area (Å²) in [5, 5.41) is 8.47. The molecule has 0 unspecified atom stereocenters. The summed E-state index contributed by atoms with van der Waals surface area (Å²) in [4.78, 5) is 0. The summed E-state index contributed by atoms with van der Waals surface area (Å²) in [6.45, 7) is 0.566. The van der Waals surface area contributed by atoms with Gasteiger partial charge >= 0.3 is 0 Å². The van der Waals surface area contributed by atoms with Crippen molar-refractivity contribution in [3.8, 4) is 0 Å². The van der Waals surface area contributed by atoms with E-state index in [-0.39, 0.29) is 32.1 Å². The molecule has 1 aromatic rings. The van der Waals surface area contributed by atoms with Gasteiger partial charge in [-0.05, 0) is 17.7 Å². The molecule has 0 fully saturated rings. The van der Waals surface area contributed by atoms with E-state index in [0.717, 1.165) is 0 Å². The van der Waals surface area contributed by atoms with Gasteiger partial charge in [0, 0.05) is 12.2 Å². The first-order valence-corrected chi connectivity index (χ1v) is 7.19. The molecule has 0 bridgehead atoms. The second-order valence-corrected chi connectivity index (χ2v) is 5.54. The largest absolute Gasteiger partial charge is 0.399 e. The number of rotatable bonds is 8. The summed E-state index contributed by atoms with van der Waals surface area (Å²) in [7, 11) is -3.37. The number of aliphatic hydroxyl groups excluding tert-OH is 1. The van der Waals surface area contributed by atoms with Crippen LogP contribution in [-0.2, 0) is 20.5 Å². The van der Waals surface area contributed by atoms with E-state index in [2.05, 4.69) is 4.72 Å². The van der Waals surface area contributed by atoms with Gasteiger partial charge in [-0.2, -0.15) is 0 Å². The van der Waals surface area contributed by atoms with Crippen LogP contribution in [0.5, 0.6) is 0 Å². The van der Waals surface area contributed by atoms with E-state index in [1.54, 1.807) is 24.3 Å². The molecule has 0 aliphatic carbocycles. The Morgan fingerprint density at radius 3 is 2.50 bits per heavy atom. The number of benzene rings is 1. The summed E-state index contributed by atoms with van der Waals surface area (Å²) in [5.41, 5.74) is 6.79. The highest BCUT2D eigenvalue weighted by Crippen LogP contribution is 2.08. The Bertz CT molecular complexity index is 445. The van der Waals surface area contributed by atoms with E-state index in [9.17, 15) is 8.42 Å². The number of nitrogens with one attached hydrogen (secondary N) is 1. The van der Waals surface area contributed by atoms with Crippen molar-refractivity contribution in [1.29, 1.82) is 0 Å². The standard InChI is InChI=1S/C11H18N2O4S/c12-11-3-1-10(2-4-11)9-18(15,16)13-5-7-17-8-6-14/h1-4,13-14H,5-9,12H2. The summed E-state index contributed by atoms with van der Waals surface area (Å²) >= 11 is 0. The molecule has 0 radical (unpaired) electrons. The van der Waals surface area contributed by atoms with Crippen LogP contribution in [0, 0.1) is 0 Å². The number of aliphatic hydroxyl groups is 1. The number of hydrogen-bond acceptors (Lipinski definition) is 5. The molecule has 0 saturated carbocycles. The molecule has 102 valence electrons. The third-order valence-electron chi connectivity index (χ3n) is 2.14. The van der Waals surface area contributed by atoms with Crippen molar-refractivity contribution < 1.29 is 18.3 Å². The van der Waals surface area contributed by atoms with E-state index in [1.807, 2.05) is 0 Å². The van der Waals surface area contributed by atoms with Gasteiger partial charge < -0.3 is 15.6 Å². The fraction of sp³-hybridized carbons (Fsp3) is 0.455. The average Bonchev–Trinajstić information content (AvgIpc) is 2.31. The molecule has 0 amide bonds. The Labute approximate surface area is 107 Å². The van der Waals surface area contributed by atoms with Crippen LogP contribution in [0.3, 0.4) is 0 Å². The molecule has 0 aromatic heterocycles. The van der Waals surface area contributed by atoms with Crippen LogP contribution in [0.4, 0.5) is 5.69 Å². The zero-order valence-corrected chi connectivity index (χ0v) is 10.8. The van der Waals surface area contributed by atoms with Crippen LogP contribution >= 0.6 is 0 Å². The molecule has 0 spiro atoms. The second-order valence-electron chi connectivity index (χ2n) is 3.73. The number of nitrogens with two attached hydrogens (primary N) is 1. The highest BCUT2D eigenvalue weighted by Gasteiger charge is 2.10. The molecule has 4 N–H and O–H groups in total. The first-order valence-electron chi connectivity index (χ1n) is 5.54. The lowest BCUT2D eigenvalue weighted by Gasteiger charge is -2.07. The zero-order chi connectivity index (χ0) is 13.4. The number of sulfonamides is 1. The van der Waals surface area contributed by atoms with E-state index in [1.165, 1.54) is 0 Å². The first kappa shape index (κ1) is 14.9. The summed E-state index contributed by atoms with van der Waals surface area (Å²) in [6, 6.07) is 6.68. The Hall–Kier alpha value is -1.15. The minimum atomic E-state index is -3.37. The van der Waals surface area contributed by atoms with E-state index in [0.29, 0.717) is 11.3 Å². The van der Waals surface area contributed by atoms with Gasteiger partial charge in [-0.25, -0.2) is 13.1 Å². The number of hydrogen-bond donors (Lipinski definition) is 3. The molecule has 1 aromatic carbocycles. The van der Waals surface area contributed by atoms with Crippen LogP contribution in [-0.4, -0.2) is 39.9 Å². The van der Waals surface area contributed by atoms with Gasteiger partial charge in [-0.1, -0.05) is 12.1 Å². The monoisotopic (exact) mass is 274 g/mol. The van der Waals surface area contributed by atoms with Crippen molar-refractivity contribution in [3.63, 3.8) is 0 Å². The van der Waals surface area contributed by atoms with Crippen LogP contribution < -0.4 is 10.5 Å². The third-order valence-corrected chi connectivity index (χ3v) is 3.50. The van der Waals surface area contributed by atoms with Gasteiger partial charge in [0.15, 0.2) is 0 Å². The summed E-state index contributed by atoms with van der Waals surface area (Å²) < 4.78 is 30.7. The lowest BCUT2D eigenvalue weighted by atomic mass is 10.2. The molecule has 0 saturated heterocycles. The normalized spacial score (nSPS) is 11.6.